The summed E-state index contributed by atoms with van der Waals surface area (Å²) in [6.45, 7) is 5.23. The molecule has 4 rings (SSSR count). The zero-order valence-electron chi connectivity index (χ0n) is 17.6. The third kappa shape index (κ3) is 5.58. The number of benzene rings is 2. The van der Waals surface area contributed by atoms with Crippen molar-refractivity contribution >= 4 is 0 Å². The predicted octanol–water partition coefficient (Wildman–Crippen LogP) is 4.72. The van der Waals surface area contributed by atoms with E-state index in [4.69, 9.17) is 4.74 Å². The summed E-state index contributed by atoms with van der Waals surface area (Å²) < 4.78 is 33.1. The quantitative estimate of drug-likeness (QED) is 0.601. The van der Waals surface area contributed by atoms with Gasteiger partial charge >= 0.3 is 0 Å². The minimum absolute atomic E-state index is 0.0936. The molecule has 1 aliphatic heterocycles. The Kier molecular flexibility index (Phi) is 7.34. The van der Waals surface area contributed by atoms with Crippen molar-refractivity contribution in [3.05, 3.63) is 64.7 Å². The van der Waals surface area contributed by atoms with Crippen molar-refractivity contribution < 1.29 is 13.5 Å². The van der Waals surface area contributed by atoms with Crippen LogP contribution in [0.2, 0.25) is 0 Å². The minimum Gasteiger partial charge on any atom is -0.494 e. The first-order valence-electron chi connectivity index (χ1n) is 11.3. The first-order chi connectivity index (χ1) is 14.7. The highest BCUT2D eigenvalue weighted by Gasteiger charge is 2.22. The summed E-state index contributed by atoms with van der Waals surface area (Å²) >= 11 is 0. The molecular weight excluding hydrogens is 382 g/mol. The molecule has 0 bridgehead atoms. The number of halogens is 2. The van der Waals surface area contributed by atoms with E-state index in [1.54, 1.807) is 0 Å². The maximum atomic E-state index is 13.6. The zero-order chi connectivity index (χ0) is 20.8. The van der Waals surface area contributed by atoms with Gasteiger partial charge in [0.05, 0.1) is 6.61 Å². The molecule has 0 saturated carbocycles. The van der Waals surface area contributed by atoms with Crippen LogP contribution in [0.3, 0.4) is 0 Å². The van der Waals surface area contributed by atoms with Crippen LogP contribution in [0.4, 0.5) is 8.78 Å². The van der Waals surface area contributed by atoms with Gasteiger partial charge in [0.15, 0.2) is 0 Å². The maximum absolute atomic E-state index is 13.6. The molecule has 1 fully saturated rings. The van der Waals surface area contributed by atoms with E-state index in [9.17, 15) is 8.78 Å². The van der Waals surface area contributed by atoms with Gasteiger partial charge in [-0.05, 0) is 99.5 Å². The van der Waals surface area contributed by atoms with Crippen LogP contribution >= 0.6 is 0 Å². The normalized spacial score (nSPS) is 19.1. The third-order valence-corrected chi connectivity index (χ3v) is 6.35. The molecular formula is C25H32F2N2O. The maximum Gasteiger partial charge on any atom is 0.130 e. The number of likely N-dealkylation sites (tertiary alicyclic amines) is 1. The van der Waals surface area contributed by atoms with E-state index in [2.05, 4.69) is 28.4 Å². The highest BCUT2D eigenvalue weighted by Crippen LogP contribution is 2.29. The first-order valence-corrected chi connectivity index (χ1v) is 11.3. The Balaban J connectivity index is 1.17. The van der Waals surface area contributed by atoms with E-state index in [0.717, 1.165) is 24.5 Å². The summed E-state index contributed by atoms with van der Waals surface area (Å²) in [5.41, 5.74) is 3.00. The van der Waals surface area contributed by atoms with Crippen LogP contribution < -0.4 is 10.1 Å². The van der Waals surface area contributed by atoms with Gasteiger partial charge in [-0.25, -0.2) is 8.78 Å². The van der Waals surface area contributed by atoms with Crippen molar-refractivity contribution in [3.8, 4) is 5.75 Å². The van der Waals surface area contributed by atoms with Crippen LogP contribution in [0.5, 0.6) is 5.75 Å². The van der Waals surface area contributed by atoms with Crippen molar-refractivity contribution in [2.45, 2.75) is 45.1 Å². The monoisotopic (exact) mass is 414 g/mol. The average molecular weight is 415 g/mol. The molecule has 5 heteroatoms. The molecule has 0 spiro atoms. The molecule has 1 heterocycles. The number of hydrogen-bond donors (Lipinski definition) is 1. The van der Waals surface area contributed by atoms with Gasteiger partial charge in [0.1, 0.15) is 17.4 Å². The van der Waals surface area contributed by atoms with Crippen LogP contribution in [0.1, 0.15) is 42.4 Å². The van der Waals surface area contributed by atoms with E-state index in [0.29, 0.717) is 13.2 Å². The van der Waals surface area contributed by atoms with Gasteiger partial charge in [0.2, 0.25) is 0 Å². The fourth-order valence-corrected chi connectivity index (χ4v) is 4.68. The summed E-state index contributed by atoms with van der Waals surface area (Å²) in [5, 5.41) is 3.09. The SMILES string of the molecule is Fc1cccc(F)c1CNCCCOc1ccc2c(c1)CCC(CN1CCCC1)C2. The summed E-state index contributed by atoms with van der Waals surface area (Å²) in [6.07, 6.45) is 7.09. The Hall–Kier alpha value is -1.98. The molecule has 1 saturated heterocycles. The zero-order valence-corrected chi connectivity index (χ0v) is 17.6. The van der Waals surface area contributed by atoms with Gasteiger partial charge in [-0.1, -0.05) is 12.1 Å². The summed E-state index contributed by atoms with van der Waals surface area (Å²) in [6, 6.07) is 10.5. The lowest BCUT2D eigenvalue weighted by atomic mass is 9.83. The van der Waals surface area contributed by atoms with E-state index in [-0.39, 0.29) is 12.1 Å². The number of fused-ring (bicyclic) bond motifs is 1. The van der Waals surface area contributed by atoms with Gasteiger partial charge < -0.3 is 15.0 Å². The van der Waals surface area contributed by atoms with E-state index in [1.165, 1.54) is 74.6 Å². The van der Waals surface area contributed by atoms with Crippen molar-refractivity contribution in [2.75, 3.05) is 32.8 Å². The summed E-state index contributed by atoms with van der Waals surface area (Å²) in [7, 11) is 0. The second kappa shape index (κ2) is 10.4. The van der Waals surface area contributed by atoms with E-state index in [1.807, 2.05) is 0 Å². The molecule has 0 radical (unpaired) electrons. The van der Waals surface area contributed by atoms with Crippen molar-refractivity contribution in [1.29, 1.82) is 0 Å². The number of aryl methyl sites for hydroxylation is 1. The Bertz CT molecular complexity index is 816. The van der Waals surface area contributed by atoms with Gasteiger partial charge in [-0.15, -0.1) is 0 Å². The van der Waals surface area contributed by atoms with Crippen LogP contribution in [0.25, 0.3) is 0 Å². The molecule has 162 valence electrons. The van der Waals surface area contributed by atoms with Gasteiger partial charge in [0.25, 0.3) is 0 Å². The van der Waals surface area contributed by atoms with Crippen molar-refractivity contribution in [3.63, 3.8) is 0 Å². The van der Waals surface area contributed by atoms with Gasteiger partial charge in [0, 0.05) is 18.7 Å². The van der Waals surface area contributed by atoms with Crippen LogP contribution in [-0.4, -0.2) is 37.7 Å². The van der Waals surface area contributed by atoms with E-state index < -0.39 is 11.6 Å². The fraction of sp³-hybridized carbons (Fsp3) is 0.520. The number of ether oxygens (including phenoxy) is 1. The largest absolute Gasteiger partial charge is 0.494 e. The lowest BCUT2D eigenvalue weighted by molar-refractivity contribution is 0.261. The lowest BCUT2D eigenvalue weighted by Gasteiger charge is -2.28. The molecule has 1 N–H and O–H groups in total. The van der Waals surface area contributed by atoms with Gasteiger partial charge in [-0.2, -0.15) is 0 Å². The fourth-order valence-electron chi connectivity index (χ4n) is 4.68. The first kappa shape index (κ1) is 21.3. The molecule has 2 aliphatic rings. The molecule has 30 heavy (non-hydrogen) atoms. The topological polar surface area (TPSA) is 24.5 Å². The van der Waals surface area contributed by atoms with Crippen LogP contribution in [0, 0.1) is 17.6 Å². The Labute approximate surface area is 178 Å². The van der Waals surface area contributed by atoms with E-state index >= 15 is 0 Å². The lowest BCUT2D eigenvalue weighted by Crippen LogP contribution is -2.30. The molecule has 0 aromatic heterocycles. The minimum atomic E-state index is -0.504. The number of nitrogens with one attached hydrogen (secondary N) is 1. The standard InChI is InChI=1S/C25H32F2N2O/c26-24-5-3-6-25(27)23(24)17-28-11-4-14-30-22-10-9-20-15-19(7-8-21(20)16-22)18-29-12-1-2-13-29/h3,5-6,9-10,16,19,28H,1-2,4,7-8,11-15,17-18H2. The Morgan fingerprint density at radius 1 is 1.03 bits per heavy atom. The second-order valence-electron chi connectivity index (χ2n) is 8.63. The smallest absolute Gasteiger partial charge is 0.130 e. The highest BCUT2D eigenvalue weighted by molar-refractivity contribution is 5.37. The second-order valence-corrected chi connectivity index (χ2v) is 8.63. The van der Waals surface area contributed by atoms with Gasteiger partial charge in [-0.3, -0.25) is 0 Å². The van der Waals surface area contributed by atoms with Crippen LogP contribution in [-0.2, 0) is 19.4 Å². The summed E-state index contributed by atoms with van der Waals surface area (Å²) in [5.74, 6) is 0.700. The molecule has 0 amide bonds. The Morgan fingerprint density at radius 3 is 2.63 bits per heavy atom. The van der Waals surface area contributed by atoms with Crippen molar-refractivity contribution in [1.82, 2.24) is 10.2 Å². The molecule has 2 aromatic rings. The molecule has 3 nitrogen and oxygen atoms in total. The van der Waals surface area contributed by atoms with Crippen molar-refractivity contribution in [2.24, 2.45) is 5.92 Å². The molecule has 1 unspecified atom stereocenters. The number of rotatable bonds is 9. The number of nitrogens with zero attached hydrogens (tertiary/aromatic N) is 1. The van der Waals surface area contributed by atoms with Crippen LogP contribution in [0.15, 0.2) is 36.4 Å². The highest BCUT2D eigenvalue weighted by atomic mass is 19.1. The predicted molar refractivity (Wildman–Crippen MR) is 116 cm³/mol. The average Bonchev–Trinajstić information content (AvgIpc) is 3.25. The molecule has 2 aromatic carbocycles. The number of hydrogen-bond acceptors (Lipinski definition) is 3. The molecule has 1 aliphatic carbocycles. The third-order valence-electron chi connectivity index (χ3n) is 6.35. The Morgan fingerprint density at radius 2 is 1.83 bits per heavy atom. The summed E-state index contributed by atoms with van der Waals surface area (Å²) in [4.78, 5) is 2.63. The molecule has 1 atom stereocenters.